The largest absolute Gasteiger partial charge is 0.497 e. The van der Waals surface area contributed by atoms with E-state index in [2.05, 4.69) is 80.5 Å². The molecule has 0 spiro atoms. The molecule has 1 N–H and O–H groups in total. The monoisotopic (exact) mass is 474 g/mol. The smallest absolute Gasteiger partial charge is 0.228 e. The first kappa shape index (κ1) is 25.3. The maximum atomic E-state index is 13.6. The number of carbonyl (C=O) groups excluding carboxylic acids is 1. The van der Waals surface area contributed by atoms with Crippen LogP contribution in [0.1, 0.15) is 74.6 Å². The van der Waals surface area contributed by atoms with Gasteiger partial charge in [0, 0.05) is 31.4 Å². The van der Waals surface area contributed by atoms with Gasteiger partial charge in [0.1, 0.15) is 5.75 Å². The van der Waals surface area contributed by atoms with Crippen molar-refractivity contribution < 1.29 is 9.53 Å². The number of fused-ring (bicyclic) bond motifs is 2. The molecular weight excluding hydrogens is 432 g/mol. The molecule has 1 amide bonds. The van der Waals surface area contributed by atoms with Crippen LogP contribution in [0.15, 0.2) is 36.4 Å². The summed E-state index contributed by atoms with van der Waals surface area (Å²) < 4.78 is 5.60. The molecule has 188 valence electrons. The maximum absolute atomic E-state index is 13.6. The van der Waals surface area contributed by atoms with E-state index in [9.17, 15) is 4.79 Å². The second-order valence-electron chi connectivity index (χ2n) is 10.9. The molecule has 1 fully saturated rings. The number of aryl methyl sites for hydroxylation is 1. The predicted molar refractivity (Wildman–Crippen MR) is 147 cm³/mol. The van der Waals surface area contributed by atoms with Crippen molar-refractivity contribution in [2.75, 3.05) is 32.1 Å². The number of methoxy groups -OCH3 is 1. The zero-order valence-corrected chi connectivity index (χ0v) is 22.2. The standard InChI is InChI=1S/C31H42N2O2/c1-6-16-32-30(34)31(3)20-25-18-26(35-5)14-13-24(25)19-28(23-10-8-7-9-11-23)27-15-12-22(2)17-29(27)33(4)21-31/h12-15,17-19,23H,6-11,16,20-21H2,1-5H3,(H,32,34)/b28-19+. The van der Waals surface area contributed by atoms with Gasteiger partial charge in [-0.2, -0.15) is 0 Å². The third-order valence-corrected chi connectivity index (χ3v) is 7.83. The van der Waals surface area contributed by atoms with E-state index in [1.54, 1.807) is 7.11 Å². The van der Waals surface area contributed by atoms with Crippen LogP contribution in [0, 0.1) is 18.3 Å². The topological polar surface area (TPSA) is 41.6 Å². The minimum Gasteiger partial charge on any atom is -0.497 e. The normalized spacial score (nSPS) is 22.4. The van der Waals surface area contributed by atoms with E-state index in [0.29, 0.717) is 25.4 Å². The van der Waals surface area contributed by atoms with Gasteiger partial charge in [-0.05, 0) is 85.9 Å². The highest BCUT2D eigenvalue weighted by molar-refractivity contribution is 5.90. The van der Waals surface area contributed by atoms with Gasteiger partial charge in [0.2, 0.25) is 5.91 Å². The molecule has 2 aromatic carbocycles. The van der Waals surface area contributed by atoms with Crippen molar-refractivity contribution >= 4 is 23.2 Å². The van der Waals surface area contributed by atoms with E-state index < -0.39 is 5.41 Å². The first-order chi connectivity index (χ1) is 16.8. The Hall–Kier alpha value is -2.75. The third-order valence-electron chi connectivity index (χ3n) is 7.83. The third kappa shape index (κ3) is 5.58. The number of allylic oxidation sites excluding steroid dienone is 1. The molecule has 1 atom stereocenters. The summed E-state index contributed by atoms with van der Waals surface area (Å²) in [6.45, 7) is 7.71. The van der Waals surface area contributed by atoms with Crippen molar-refractivity contribution in [2.45, 2.75) is 65.7 Å². The Morgan fingerprint density at radius 3 is 2.63 bits per heavy atom. The average molecular weight is 475 g/mol. The van der Waals surface area contributed by atoms with Crippen molar-refractivity contribution in [2.24, 2.45) is 11.3 Å². The molecule has 0 bridgehead atoms. The second-order valence-corrected chi connectivity index (χ2v) is 10.9. The molecule has 1 heterocycles. The minimum absolute atomic E-state index is 0.117. The van der Waals surface area contributed by atoms with Gasteiger partial charge in [0.05, 0.1) is 12.5 Å². The lowest BCUT2D eigenvalue weighted by atomic mass is 9.76. The molecule has 1 aliphatic heterocycles. The summed E-state index contributed by atoms with van der Waals surface area (Å²) in [6.07, 6.45) is 10.4. The van der Waals surface area contributed by atoms with Crippen molar-refractivity contribution in [1.82, 2.24) is 5.32 Å². The summed E-state index contributed by atoms with van der Waals surface area (Å²) in [7, 11) is 3.86. The van der Waals surface area contributed by atoms with Crippen molar-refractivity contribution in [1.29, 1.82) is 0 Å². The average Bonchev–Trinajstić information content (AvgIpc) is 2.86. The van der Waals surface area contributed by atoms with E-state index >= 15 is 0 Å². The molecule has 1 aliphatic carbocycles. The molecule has 1 unspecified atom stereocenters. The number of anilines is 1. The number of benzene rings is 2. The van der Waals surface area contributed by atoms with E-state index in [0.717, 1.165) is 12.2 Å². The lowest BCUT2D eigenvalue weighted by Gasteiger charge is -2.37. The van der Waals surface area contributed by atoms with Crippen LogP contribution in [0.3, 0.4) is 0 Å². The number of hydrogen-bond donors (Lipinski definition) is 1. The van der Waals surface area contributed by atoms with Gasteiger partial charge in [-0.1, -0.05) is 50.5 Å². The van der Waals surface area contributed by atoms with Gasteiger partial charge >= 0.3 is 0 Å². The lowest BCUT2D eigenvalue weighted by molar-refractivity contribution is -0.129. The lowest BCUT2D eigenvalue weighted by Crippen LogP contribution is -2.48. The Bertz CT molecular complexity index is 1080. The molecule has 1 saturated carbocycles. The second kappa shape index (κ2) is 10.9. The molecule has 35 heavy (non-hydrogen) atoms. The van der Waals surface area contributed by atoms with Crippen LogP contribution in [-0.4, -0.2) is 33.2 Å². The number of amides is 1. The highest BCUT2D eigenvalue weighted by Gasteiger charge is 2.37. The number of hydrogen-bond acceptors (Lipinski definition) is 3. The molecule has 4 nitrogen and oxygen atoms in total. The van der Waals surface area contributed by atoms with E-state index in [1.807, 2.05) is 0 Å². The van der Waals surface area contributed by atoms with Gasteiger partial charge in [-0.25, -0.2) is 0 Å². The van der Waals surface area contributed by atoms with Crippen molar-refractivity contribution in [3.63, 3.8) is 0 Å². The summed E-state index contributed by atoms with van der Waals surface area (Å²) in [6, 6.07) is 13.2. The van der Waals surface area contributed by atoms with Crippen LogP contribution in [-0.2, 0) is 11.2 Å². The Kier molecular flexibility index (Phi) is 7.88. The molecule has 4 rings (SSSR count). The number of ether oxygens (including phenoxy) is 1. The summed E-state index contributed by atoms with van der Waals surface area (Å²) in [5.41, 5.74) is 7.03. The molecule has 0 radical (unpaired) electrons. The molecule has 4 heteroatoms. The SMILES string of the molecule is CCCNC(=O)C1(C)Cc2cc(OC)ccc2/C=C(\C2CCCCC2)c2ccc(C)cc2N(C)C1. The molecular formula is C31H42N2O2. The number of carbonyl (C=O) groups is 1. The Morgan fingerprint density at radius 1 is 1.14 bits per heavy atom. The maximum Gasteiger partial charge on any atom is 0.228 e. The summed E-state index contributed by atoms with van der Waals surface area (Å²) in [5.74, 6) is 1.52. The van der Waals surface area contributed by atoms with Gasteiger partial charge < -0.3 is 15.0 Å². The fourth-order valence-electron chi connectivity index (χ4n) is 5.89. The van der Waals surface area contributed by atoms with E-state index in [-0.39, 0.29) is 5.91 Å². The zero-order chi connectivity index (χ0) is 25.0. The zero-order valence-electron chi connectivity index (χ0n) is 22.2. The fourth-order valence-corrected chi connectivity index (χ4v) is 5.89. The Labute approximate surface area is 211 Å². The number of nitrogens with zero attached hydrogens (tertiary/aromatic N) is 1. The van der Waals surface area contributed by atoms with Crippen LogP contribution < -0.4 is 15.0 Å². The first-order valence-corrected chi connectivity index (χ1v) is 13.3. The van der Waals surface area contributed by atoms with Gasteiger partial charge in [0.15, 0.2) is 0 Å². The fraction of sp³-hybridized carbons (Fsp3) is 0.516. The van der Waals surface area contributed by atoms with Crippen LogP contribution in [0.2, 0.25) is 0 Å². The number of rotatable bonds is 5. The van der Waals surface area contributed by atoms with Gasteiger partial charge in [-0.3, -0.25) is 4.79 Å². The first-order valence-electron chi connectivity index (χ1n) is 13.3. The highest BCUT2D eigenvalue weighted by Crippen LogP contribution is 2.43. The van der Waals surface area contributed by atoms with Gasteiger partial charge in [0.25, 0.3) is 0 Å². The molecule has 0 aromatic heterocycles. The predicted octanol–water partition coefficient (Wildman–Crippen LogP) is 6.65. The quantitative estimate of drug-likeness (QED) is 0.527. The van der Waals surface area contributed by atoms with Crippen LogP contribution >= 0.6 is 0 Å². The van der Waals surface area contributed by atoms with Crippen molar-refractivity contribution in [3.8, 4) is 5.75 Å². The van der Waals surface area contributed by atoms with Crippen LogP contribution in [0.4, 0.5) is 5.69 Å². The summed E-state index contributed by atoms with van der Waals surface area (Å²) in [5, 5.41) is 3.19. The van der Waals surface area contributed by atoms with Crippen LogP contribution in [0.25, 0.3) is 11.6 Å². The van der Waals surface area contributed by atoms with Crippen molar-refractivity contribution in [3.05, 3.63) is 58.7 Å². The molecule has 2 aliphatic rings. The van der Waals surface area contributed by atoms with E-state index in [1.165, 1.54) is 65.6 Å². The van der Waals surface area contributed by atoms with E-state index in [4.69, 9.17) is 4.74 Å². The molecule has 2 aromatic rings. The number of nitrogens with one attached hydrogen (secondary N) is 1. The highest BCUT2D eigenvalue weighted by atomic mass is 16.5. The Balaban J connectivity index is 1.93. The summed E-state index contributed by atoms with van der Waals surface area (Å²) in [4.78, 5) is 15.9. The molecule has 0 saturated heterocycles. The minimum atomic E-state index is -0.581. The van der Waals surface area contributed by atoms with Crippen LogP contribution in [0.5, 0.6) is 5.75 Å². The van der Waals surface area contributed by atoms with Gasteiger partial charge in [-0.15, -0.1) is 0 Å². The summed E-state index contributed by atoms with van der Waals surface area (Å²) >= 11 is 0. The Morgan fingerprint density at radius 2 is 1.91 bits per heavy atom.